The Morgan fingerprint density at radius 3 is 2.30 bits per heavy atom. The zero-order valence-electron chi connectivity index (χ0n) is 11.2. The molecule has 1 fully saturated rings. The first-order valence-corrected chi connectivity index (χ1v) is 8.75. The van der Waals surface area contributed by atoms with Crippen LogP contribution in [0.3, 0.4) is 0 Å². The van der Waals surface area contributed by atoms with Crippen LogP contribution in [-0.2, 0) is 4.74 Å². The Kier molecular flexibility index (Phi) is 4.54. The van der Waals surface area contributed by atoms with Crippen molar-refractivity contribution in [3.8, 4) is 0 Å². The molecule has 0 aliphatic carbocycles. The summed E-state index contributed by atoms with van der Waals surface area (Å²) in [5.41, 5.74) is 1.18. The Morgan fingerprint density at radius 1 is 0.950 bits per heavy atom. The van der Waals surface area contributed by atoms with Crippen molar-refractivity contribution in [1.82, 2.24) is 0 Å². The van der Waals surface area contributed by atoms with Gasteiger partial charge < -0.3 is 0 Å². The van der Waals surface area contributed by atoms with Crippen molar-refractivity contribution in [2.24, 2.45) is 0 Å². The van der Waals surface area contributed by atoms with Gasteiger partial charge in [0.05, 0.1) is 0 Å². The molecule has 2 aromatic rings. The van der Waals surface area contributed by atoms with Crippen molar-refractivity contribution in [3.05, 3.63) is 66.2 Å². The second kappa shape index (κ2) is 6.55. The van der Waals surface area contributed by atoms with E-state index in [9.17, 15) is 5.11 Å². The predicted molar refractivity (Wildman–Crippen MR) is 81.3 cm³/mol. The van der Waals surface area contributed by atoms with Crippen molar-refractivity contribution in [3.63, 3.8) is 0 Å². The van der Waals surface area contributed by atoms with Crippen LogP contribution in [0.15, 0.2) is 60.7 Å². The monoisotopic (exact) mass is 334 g/mol. The molecular formula is C17H18O2Se. The van der Waals surface area contributed by atoms with Crippen LogP contribution < -0.4 is 4.46 Å². The fourth-order valence-electron chi connectivity index (χ4n) is 2.50. The molecule has 0 spiro atoms. The Morgan fingerprint density at radius 2 is 1.60 bits per heavy atom. The predicted octanol–water partition coefficient (Wildman–Crippen LogP) is 2.33. The minimum absolute atomic E-state index is 0.0140. The molecule has 1 aliphatic rings. The van der Waals surface area contributed by atoms with Crippen LogP contribution >= 0.6 is 0 Å². The van der Waals surface area contributed by atoms with Gasteiger partial charge in [0.25, 0.3) is 0 Å². The van der Waals surface area contributed by atoms with E-state index in [0.29, 0.717) is 6.61 Å². The Labute approximate surface area is 125 Å². The van der Waals surface area contributed by atoms with E-state index in [1.165, 1.54) is 10.0 Å². The topological polar surface area (TPSA) is 29.5 Å². The van der Waals surface area contributed by atoms with Gasteiger partial charge in [-0.25, -0.2) is 0 Å². The first-order chi connectivity index (χ1) is 9.84. The van der Waals surface area contributed by atoms with Gasteiger partial charge in [0, 0.05) is 0 Å². The van der Waals surface area contributed by atoms with Crippen LogP contribution in [0.4, 0.5) is 0 Å². The number of aliphatic hydroxyl groups is 1. The molecule has 0 aromatic heterocycles. The molecule has 3 heteroatoms. The number of aliphatic hydroxyl groups excluding tert-OH is 1. The summed E-state index contributed by atoms with van der Waals surface area (Å²) in [6.07, 6.45) is 0.483. The van der Waals surface area contributed by atoms with E-state index >= 15 is 0 Å². The third kappa shape index (κ3) is 3.13. The van der Waals surface area contributed by atoms with Gasteiger partial charge in [-0.05, 0) is 0 Å². The van der Waals surface area contributed by atoms with E-state index < -0.39 is 0 Å². The van der Waals surface area contributed by atoms with Crippen LogP contribution in [0.1, 0.15) is 18.1 Å². The molecule has 1 N–H and O–H groups in total. The molecule has 104 valence electrons. The Bertz CT molecular complexity index is 529. The number of hydrogen-bond acceptors (Lipinski definition) is 2. The van der Waals surface area contributed by atoms with Crippen LogP contribution in [0.25, 0.3) is 0 Å². The zero-order chi connectivity index (χ0) is 13.8. The number of rotatable bonds is 3. The summed E-state index contributed by atoms with van der Waals surface area (Å²) >= 11 is 0.210. The fraction of sp³-hybridized carbons (Fsp3) is 0.294. The standard InChI is InChI=1S/C17H18O2Se/c18-15-11-12-19-16(13-7-3-1-4-8-13)17(15)20-14-9-5-2-6-10-14/h1-10,15-18H,11-12H2/t15-,16+,17-/m0/s1. The minimum atomic E-state index is -0.269. The van der Waals surface area contributed by atoms with Crippen LogP contribution in [0.5, 0.6) is 0 Å². The summed E-state index contributed by atoms with van der Waals surface area (Å²) in [6, 6.07) is 20.7. The van der Waals surface area contributed by atoms with E-state index in [1.54, 1.807) is 0 Å². The van der Waals surface area contributed by atoms with E-state index in [4.69, 9.17) is 4.74 Å². The van der Waals surface area contributed by atoms with Gasteiger partial charge in [-0.1, -0.05) is 0 Å². The molecule has 20 heavy (non-hydrogen) atoms. The van der Waals surface area contributed by atoms with Gasteiger partial charge in [0.2, 0.25) is 0 Å². The molecule has 0 radical (unpaired) electrons. The van der Waals surface area contributed by atoms with Crippen molar-refractivity contribution < 1.29 is 9.84 Å². The van der Waals surface area contributed by atoms with E-state index in [-0.39, 0.29) is 32.0 Å². The molecule has 1 saturated heterocycles. The van der Waals surface area contributed by atoms with Crippen molar-refractivity contribution in [2.45, 2.75) is 23.4 Å². The summed E-state index contributed by atoms with van der Waals surface area (Å²) in [5.74, 6) is 0. The third-order valence-corrected chi connectivity index (χ3v) is 6.42. The first-order valence-electron chi connectivity index (χ1n) is 6.91. The molecule has 1 aliphatic heterocycles. The Balaban J connectivity index is 1.84. The number of benzene rings is 2. The average molecular weight is 333 g/mol. The van der Waals surface area contributed by atoms with Gasteiger partial charge in [-0.15, -0.1) is 0 Å². The molecule has 1 heterocycles. The molecule has 0 amide bonds. The summed E-state index contributed by atoms with van der Waals surface area (Å²) in [5, 5.41) is 10.4. The average Bonchev–Trinajstić information content (AvgIpc) is 2.51. The van der Waals surface area contributed by atoms with Gasteiger partial charge in [-0.3, -0.25) is 0 Å². The molecule has 3 rings (SSSR count). The van der Waals surface area contributed by atoms with Gasteiger partial charge >= 0.3 is 126 Å². The quantitative estimate of drug-likeness (QED) is 0.874. The molecular weight excluding hydrogens is 315 g/mol. The van der Waals surface area contributed by atoms with E-state index in [1.807, 2.05) is 24.3 Å². The number of hydrogen-bond donors (Lipinski definition) is 1. The third-order valence-electron chi connectivity index (χ3n) is 3.53. The van der Waals surface area contributed by atoms with Crippen molar-refractivity contribution in [1.29, 1.82) is 0 Å². The normalized spacial score (nSPS) is 26.4. The molecule has 0 saturated carbocycles. The maximum atomic E-state index is 10.4. The molecule has 2 nitrogen and oxygen atoms in total. The second-order valence-electron chi connectivity index (χ2n) is 4.95. The van der Waals surface area contributed by atoms with Crippen molar-refractivity contribution >= 4 is 19.4 Å². The van der Waals surface area contributed by atoms with Gasteiger partial charge in [-0.2, -0.15) is 0 Å². The van der Waals surface area contributed by atoms with Crippen LogP contribution in [-0.4, -0.2) is 32.8 Å². The van der Waals surface area contributed by atoms with E-state index in [2.05, 4.69) is 36.4 Å². The summed E-state index contributed by atoms with van der Waals surface area (Å²) in [7, 11) is 0. The van der Waals surface area contributed by atoms with Gasteiger partial charge in [0.1, 0.15) is 0 Å². The molecule has 0 bridgehead atoms. The molecule has 3 atom stereocenters. The SMILES string of the molecule is O[C@H]1CCO[C@H](c2ccccc2)[C@H]1[Se]c1ccccc1. The van der Waals surface area contributed by atoms with E-state index in [0.717, 1.165) is 6.42 Å². The Hall–Kier alpha value is -1.12. The van der Waals surface area contributed by atoms with Crippen LogP contribution in [0.2, 0.25) is 4.82 Å². The number of ether oxygens (including phenoxy) is 1. The zero-order valence-corrected chi connectivity index (χ0v) is 12.9. The second-order valence-corrected chi connectivity index (χ2v) is 7.58. The fourth-order valence-corrected chi connectivity index (χ4v) is 5.19. The van der Waals surface area contributed by atoms with Gasteiger partial charge in [0.15, 0.2) is 0 Å². The summed E-state index contributed by atoms with van der Waals surface area (Å²) in [6.45, 7) is 0.641. The summed E-state index contributed by atoms with van der Waals surface area (Å²) in [4.78, 5) is 0.182. The molecule has 2 aromatic carbocycles. The van der Waals surface area contributed by atoms with Crippen LogP contribution in [0, 0.1) is 0 Å². The van der Waals surface area contributed by atoms with Crippen molar-refractivity contribution in [2.75, 3.05) is 6.61 Å². The maximum absolute atomic E-state index is 10.4. The molecule has 0 unspecified atom stereocenters. The summed E-state index contributed by atoms with van der Waals surface area (Å²) < 4.78 is 7.29. The first kappa shape index (κ1) is 13.8.